The first-order valence-electron chi connectivity index (χ1n) is 11.0. The van der Waals surface area contributed by atoms with Crippen LogP contribution in [-0.2, 0) is 9.53 Å². The second-order valence-electron chi connectivity index (χ2n) is 8.79. The van der Waals surface area contributed by atoms with Crippen LogP contribution in [0.2, 0.25) is 0 Å². The smallest absolute Gasteiger partial charge is 0.393 e. The van der Waals surface area contributed by atoms with Crippen LogP contribution in [0.3, 0.4) is 0 Å². The molecule has 0 radical (unpaired) electrons. The van der Waals surface area contributed by atoms with Gasteiger partial charge in [-0.1, -0.05) is 25.8 Å². The molecule has 30 heavy (non-hydrogen) atoms. The van der Waals surface area contributed by atoms with Crippen LogP contribution in [-0.4, -0.2) is 57.8 Å². The zero-order valence-electron chi connectivity index (χ0n) is 17.6. The van der Waals surface area contributed by atoms with Gasteiger partial charge in [0.05, 0.1) is 18.3 Å². The lowest BCUT2D eigenvalue weighted by Gasteiger charge is -2.31. The van der Waals surface area contributed by atoms with E-state index in [1.807, 2.05) is 0 Å². The SMILES string of the molecule is CCCCC(O)(CCC[C@@H]1[C@H]2CC(CCC=CC(=O)CO)O[C@H]2C[C@H]1O)C(F)(F)F. The zero-order valence-corrected chi connectivity index (χ0v) is 17.6. The molecule has 0 bridgehead atoms. The summed E-state index contributed by atoms with van der Waals surface area (Å²) in [4.78, 5) is 11.1. The number of aliphatic hydroxyl groups is 3. The molecule has 3 N–H and O–H groups in total. The van der Waals surface area contributed by atoms with Crippen LogP contribution >= 0.6 is 0 Å². The van der Waals surface area contributed by atoms with Gasteiger partial charge in [0.15, 0.2) is 11.4 Å². The topological polar surface area (TPSA) is 87.0 Å². The average molecular weight is 437 g/mol. The molecule has 1 heterocycles. The van der Waals surface area contributed by atoms with Crippen LogP contribution in [0.15, 0.2) is 12.2 Å². The van der Waals surface area contributed by atoms with Crippen LogP contribution in [0, 0.1) is 11.8 Å². The number of hydrogen-bond donors (Lipinski definition) is 3. The van der Waals surface area contributed by atoms with Gasteiger partial charge in [-0.15, -0.1) is 0 Å². The average Bonchev–Trinajstić information content (AvgIpc) is 3.19. The molecule has 0 spiro atoms. The summed E-state index contributed by atoms with van der Waals surface area (Å²) in [5, 5.41) is 29.2. The molecule has 2 rings (SSSR count). The Morgan fingerprint density at radius 3 is 2.50 bits per heavy atom. The predicted molar refractivity (Wildman–Crippen MR) is 106 cm³/mol. The molecule has 8 heteroatoms. The van der Waals surface area contributed by atoms with Gasteiger partial charge in [0.1, 0.15) is 6.61 Å². The van der Waals surface area contributed by atoms with Crippen molar-refractivity contribution in [3.8, 4) is 0 Å². The van der Waals surface area contributed by atoms with Crippen molar-refractivity contribution in [2.24, 2.45) is 11.8 Å². The van der Waals surface area contributed by atoms with Crippen LogP contribution in [0.1, 0.15) is 71.1 Å². The fraction of sp³-hybridized carbons (Fsp3) is 0.864. The summed E-state index contributed by atoms with van der Waals surface area (Å²) in [6.07, 6.45) is 1.26. The Kier molecular flexibility index (Phi) is 9.33. The number of hydrogen-bond acceptors (Lipinski definition) is 5. The summed E-state index contributed by atoms with van der Waals surface area (Å²) in [6.45, 7) is 1.28. The van der Waals surface area contributed by atoms with Gasteiger partial charge in [-0.2, -0.15) is 13.2 Å². The Morgan fingerprint density at radius 1 is 1.17 bits per heavy atom. The summed E-state index contributed by atoms with van der Waals surface area (Å²) in [5.74, 6) is -0.349. The molecule has 2 fully saturated rings. The molecule has 2 aliphatic rings. The van der Waals surface area contributed by atoms with Gasteiger partial charge >= 0.3 is 6.18 Å². The Morgan fingerprint density at radius 2 is 1.87 bits per heavy atom. The van der Waals surface area contributed by atoms with Crippen molar-refractivity contribution < 1.29 is 38.0 Å². The largest absolute Gasteiger partial charge is 0.417 e. The van der Waals surface area contributed by atoms with E-state index >= 15 is 0 Å². The van der Waals surface area contributed by atoms with Crippen molar-refractivity contribution in [1.82, 2.24) is 0 Å². The number of ketones is 1. The predicted octanol–water partition coefficient (Wildman–Crippen LogP) is 3.69. The molecule has 1 saturated carbocycles. The number of halogens is 3. The molecule has 1 saturated heterocycles. The number of carbonyl (C=O) groups excluding carboxylic acids is 1. The maximum Gasteiger partial charge on any atom is 0.417 e. The van der Waals surface area contributed by atoms with E-state index in [4.69, 9.17) is 9.84 Å². The molecule has 1 aliphatic heterocycles. The van der Waals surface area contributed by atoms with Crippen molar-refractivity contribution in [2.75, 3.05) is 6.61 Å². The van der Waals surface area contributed by atoms with E-state index in [0.29, 0.717) is 32.1 Å². The lowest BCUT2D eigenvalue weighted by Crippen LogP contribution is -2.45. The third-order valence-corrected chi connectivity index (χ3v) is 6.61. The van der Waals surface area contributed by atoms with E-state index in [0.717, 1.165) is 12.8 Å². The highest BCUT2D eigenvalue weighted by Gasteiger charge is 2.53. The number of aliphatic hydroxyl groups excluding tert-OH is 2. The highest BCUT2D eigenvalue weighted by molar-refractivity contribution is 5.90. The fourth-order valence-corrected chi connectivity index (χ4v) is 4.89. The quantitative estimate of drug-likeness (QED) is 0.406. The van der Waals surface area contributed by atoms with Gasteiger partial charge in [0.2, 0.25) is 0 Å². The number of carbonyl (C=O) groups is 1. The number of alkyl halides is 3. The maximum atomic E-state index is 13.3. The normalized spacial score (nSPS) is 31.2. The van der Waals surface area contributed by atoms with Gasteiger partial charge in [-0.3, -0.25) is 4.79 Å². The van der Waals surface area contributed by atoms with Crippen molar-refractivity contribution in [1.29, 1.82) is 0 Å². The van der Waals surface area contributed by atoms with Gasteiger partial charge < -0.3 is 20.1 Å². The van der Waals surface area contributed by atoms with Crippen LogP contribution < -0.4 is 0 Å². The molecule has 0 aromatic heterocycles. The minimum absolute atomic E-state index is 0.000500. The third-order valence-electron chi connectivity index (χ3n) is 6.61. The molecule has 0 amide bonds. The van der Waals surface area contributed by atoms with E-state index in [-0.39, 0.29) is 49.1 Å². The molecular weight excluding hydrogens is 401 g/mol. The number of rotatable bonds is 12. The summed E-state index contributed by atoms with van der Waals surface area (Å²) in [6, 6.07) is 0. The summed E-state index contributed by atoms with van der Waals surface area (Å²) in [5.41, 5.74) is -2.65. The number of unbranched alkanes of at least 4 members (excludes halogenated alkanes) is 1. The molecule has 174 valence electrons. The molecule has 0 aromatic carbocycles. The summed E-state index contributed by atoms with van der Waals surface area (Å²) in [7, 11) is 0. The molecule has 6 atom stereocenters. The van der Waals surface area contributed by atoms with Crippen LogP contribution in [0.5, 0.6) is 0 Å². The monoisotopic (exact) mass is 436 g/mol. The third kappa shape index (κ3) is 6.52. The van der Waals surface area contributed by atoms with Crippen molar-refractivity contribution in [3.05, 3.63) is 12.2 Å². The second-order valence-corrected chi connectivity index (χ2v) is 8.79. The first kappa shape index (κ1) is 25.3. The van der Waals surface area contributed by atoms with Crippen molar-refractivity contribution >= 4 is 5.78 Å². The number of allylic oxidation sites excluding steroid dienone is 1. The Bertz CT molecular complexity index is 580. The lowest BCUT2D eigenvalue weighted by atomic mass is 9.83. The molecular formula is C22H35F3O5. The minimum Gasteiger partial charge on any atom is -0.393 e. The van der Waals surface area contributed by atoms with Gasteiger partial charge in [-0.25, -0.2) is 0 Å². The van der Waals surface area contributed by atoms with E-state index in [1.54, 1.807) is 13.0 Å². The van der Waals surface area contributed by atoms with Gasteiger partial charge in [0, 0.05) is 6.42 Å². The van der Waals surface area contributed by atoms with Crippen LogP contribution in [0.4, 0.5) is 13.2 Å². The number of fused-ring (bicyclic) bond motifs is 1. The zero-order chi connectivity index (χ0) is 22.4. The molecule has 2 unspecified atom stereocenters. The molecule has 5 nitrogen and oxygen atoms in total. The standard InChI is InChI=1S/C22H35F3O5/c1-2-3-10-21(29,22(23,24)25)11-6-9-17-18-12-16(30-20(18)13-19(17)28)8-5-4-7-15(27)14-26/h4,7,16-20,26,28-29H,2-3,5-6,8-14H2,1H3/t16?,17-,18-,19-,20+,21?/m1/s1. The lowest BCUT2D eigenvalue weighted by molar-refractivity contribution is -0.265. The van der Waals surface area contributed by atoms with Gasteiger partial charge in [-0.05, 0) is 62.9 Å². The summed E-state index contributed by atoms with van der Waals surface area (Å²) < 4.78 is 46.0. The van der Waals surface area contributed by atoms with Gasteiger partial charge in [0.25, 0.3) is 0 Å². The van der Waals surface area contributed by atoms with Crippen molar-refractivity contribution in [2.45, 2.75) is 101 Å². The van der Waals surface area contributed by atoms with E-state index in [9.17, 15) is 28.2 Å². The summed E-state index contributed by atoms with van der Waals surface area (Å²) >= 11 is 0. The Balaban J connectivity index is 1.83. The van der Waals surface area contributed by atoms with E-state index in [1.165, 1.54) is 6.08 Å². The highest BCUT2D eigenvalue weighted by Crippen LogP contribution is 2.47. The maximum absolute atomic E-state index is 13.3. The number of ether oxygens (including phenoxy) is 1. The molecule has 1 aliphatic carbocycles. The Hall–Kier alpha value is -0.960. The Labute approximate surface area is 176 Å². The second kappa shape index (κ2) is 11.1. The van der Waals surface area contributed by atoms with E-state index < -0.39 is 24.5 Å². The first-order valence-corrected chi connectivity index (χ1v) is 11.0. The van der Waals surface area contributed by atoms with E-state index in [2.05, 4.69) is 0 Å². The highest BCUT2D eigenvalue weighted by atomic mass is 19.4. The van der Waals surface area contributed by atoms with Crippen LogP contribution in [0.25, 0.3) is 0 Å². The van der Waals surface area contributed by atoms with Crippen molar-refractivity contribution in [3.63, 3.8) is 0 Å². The molecule has 0 aromatic rings. The fourth-order valence-electron chi connectivity index (χ4n) is 4.89. The minimum atomic E-state index is -4.65. The first-order chi connectivity index (χ1) is 14.1.